The summed E-state index contributed by atoms with van der Waals surface area (Å²) in [7, 11) is 0. The van der Waals surface area contributed by atoms with Gasteiger partial charge in [0.2, 0.25) is 5.91 Å². The number of anilines is 1. The third kappa shape index (κ3) is 5.18. The number of amides is 3. The molecule has 2 aromatic rings. The van der Waals surface area contributed by atoms with Gasteiger partial charge in [-0.2, -0.15) is 0 Å². The molecule has 0 aliphatic carbocycles. The van der Waals surface area contributed by atoms with Gasteiger partial charge in [0.05, 0.1) is 17.4 Å². The highest BCUT2D eigenvalue weighted by Crippen LogP contribution is 2.31. The standard InChI is InChI=1S/C20H22ClN5O4/c21-15-6-7-17(18(12-15)26(29)30)24-8-10-25(11-9-24)19(27)13-16(23-20(22)28)14-4-2-1-3-5-14/h1-7,12,16H,8-11,13H2,(H3,22,23,28). The maximum absolute atomic E-state index is 12.8. The molecule has 1 saturated heterocycles. The number of benzene rings is 2. The van der Waals surface area contributed by atoms with Crippen LogP contribution in [0.4, 0.5) is 16.2 Å². The minimum absolute atomic E-state index is 0.0583. The van der Waals surface area contributed by atoms with Crippen molar-refractivity contribution in [3.63, 3.8) is 0 Å². The van der Waals surface area contributed by atoms with Crippen LogP contribution in [0.25, 0.3) is 0 Å². The molecule has 1 atom stereocenters. The molecule has 1 aliphatic rings. The van der Waals surface area contributed by atoms with Crippen molar-refractivity contribution >= 4 is 34.9 Å². The predicted octanol–water partition coefficient (Wildman–Crippen LogP) is 2.70. The van der Waals surface area contributed by atoms with Crippen LogP contribution in [-0.4, -0.2) is 47.9 Å². The molecule has 2 aromatic carbocycles. The first-order valence-electron chi connectivity index (χ1n) is 9.42. The molecular formula is C20H22ClN5O4. The van der Waals surface area contributed by atoms with E-state index < -0.39 is 17.0 Å². The predicted molar refractivity (Wildman–Crippen MR) is 113 cm³/mol. The number of nitrogens with zero attached hydrogens (tertiary/aromatic N) is 3. The summed E-state index contributed by atoms with van der Waals surface area (Å²) >= 11 is 5.88. The molecule has 3 rings (SSSR count). The number of nitro benzene ring substituents is 1. The van der Waals surface area contributed by atoms with Crippen molar-refractivity contribution < 1.29 is 14.5 Å². The molecule has 1 heterocycles. The van der Waals surface area contributed by atoms with Crippen LogP contribution in [-0.2, 0) is 4.79 Å². The fraction of sp³-hybridized carbons (Fsp3) is 0.300. The largest absolute Gasteiger partial charge is 0.362 e. The van der Waals surface area contributed by atoms with Crippen molar-refractivity contribution in [3.8, 4) is 0 Å². The average molecular weight is 432 g/mol. The lowest BCUT2D eigenvalue weighted by Gasteiger charge is -2.36. The van der Waals surface area contributed by atoms with Gasteiger partial charge in [0, 0.05) is 37.3 Å². The first-order chi connectivity index (χ1) is 14.3. The smallest absolute Gasteiger partial charge is 0.312 e. The Balaban J connectivity index is 1.65. The highest BCUT2D eigenvalue weighted by molar-refractivity contribution is 6.30. The van der Waals surface area contributed by atoms with E-state index in [0.29, 0.717) is 36.9 Å². The molecule has 3 N–H and O–H groups in total. The van der Waals surface area contributed by atoms with Gasteiger partial charge >= 0.3 is 6.03 Å². The van der Waals surface area contributed by atoms with Crippen LogP contribution < -0.4 is 16.0 Å². The summed E-state index contributed by atoms with van der Waals surface area (Å²) < 4.78 is 0. The number of rotatable bonds is 6. The SMILES string of the molecule is NC(=O)NC(CC(=O)N1CCN(c2ccc(Cl)cc2[N+](=O)[O-])CC1)c1ccccc1. The van der Waals surface area contributed by atoms with E-state index in [1.165, 1.54) is 6.07 Å². The molecule has 0 spiro atoms. The number of piperazine rings is 1. The maximum atomic E-state index is 12.8. The zero-order chi connectivity index (χ0) is 21.7. The average Bonchev–Trinajstić information content (AvgIpc) is 2.73. The minimum atomic E-state index is -0.698. The lowest BCUT2D eigenvalue weighted by atomic mass is 10.0. The number of nitrogens with one attached hydrogen (secondary N) is 1. The molecule has 9 nitrogen and oxygen atoms in total. The van der Waals surface area contributed by atoms with Crippen molar-refractivity contribution in [2.24, 2.45) is 5.73 Å². The summed E-state index contributed by atoms with van der Waals surface area (Å²) in [6.45, 7) is 1.73. The Labute approximate surface area is 178 Å². The Hall–Kier alpha value is -3.33. The third-order valence-electron chi connectivity index (χ3n) is 5.00. The van der Waals surface area contributed by atoms with E-state index >= 15 is 0 Å². The molecule has 1 unspecified atom stereocenters. The van der Waals surface area contributed by atoms with E-state index in [1.54, 1.807) is 17.0 Å². The van der Waals surface area contributed by atoms with Gasteiger partial charge in [-0.3, -0.25) is 14.9 Å². The summed E-state index contributed by atoms with van der Waals surface area (Å²) in [5.41, 5.74) is 6.48. The van der Waals surface area contributed by atoms with Gasteiger partial charge in [-0.1, -0.05) is 41.9 Å². The molecule has 3 amide bonds. The first kappa shape index (κ1) is 21.4. The molecule has 0 bridgehead atoms. The summed E-state index contributed by atoms with van der Waals surface area (Å²) in [5.74, 6) is -0.122. The second kappa shape index (κ2) is 9.45. The van der Waals surface area contributed by atoms with Gasteiger partial charge in [0.15, 0.2) is 0 Å². The molecular weight excluding hydrogens is 410 g/mol. The molecule has 10 heteroatoms. The van der Waals surface area contributed by atoms with Crippen molar-refractivity contribution in [1.29, 1.82) is 0 Å². The zero-order valence-electron chi connectivity index (χ0n) is 16.2. The quantitative estimate of drug-likeness (QED) is 0.537. The fourth-order valence-corrected chi connectivity index (χ4v) is 3.69. The summed E-state index contributed by atoms with van der Waals surface area (Å²) in [5, 5.41) is 14.3. The van der Waals surface area contributed by atoms with Crippen LogP contribution in [0.1, 0.15) is 18.0 Å². The topological polar surface area (TPSA) is 122 Å². The number of carbonyl (C=O) groups is 2. The van der Waals surface area contributed by atoms with Crippen LogP contribution in [0.2, 0.25) is 5.02 Å². The van der Waals surface area contributed by atoms with Crippen LogP contribution >= 0.6 is 11.6 Å². The highest BCUT2D eigenvalue weighted by atomic mass is 35.5. The second-order valence-corrected chi connectivity index (χ2v) is 7.37. The Kier molecular flexibility index (Phi) is 6.73. The maximum Gasteiger partial charge on any atom is 0.312 e. The number of hydrogen-bond acceptors (Lipinski definition) is 5. The van der Waals surface area contributed by atoms with E-state index in [2.05, 4.69) is 5.32 Å². The number of urea groups is 1. The number of carbonyl (C=O) groups excluding carboxylic acids is 2. The lowest BCUT2D eigenvalue weighted by Crippen LogP contribution is -2.49. The molecule has 1 fully saturated rings. The van der Waals surface area contributed by atoms with Crippen LogP contribution in [0, 0.1) is 10.1 Å². The second-order valence-electron chi connectivity index (χ2n) is 6.93. The fourth-order valence-electron chi connectivity index (χ4n) is 3.52. The Morgan fingerprint density at radius 3 is 2.40 bits per heavy atom. The van der Waals surface area contributed by atoms with Crippen molar-refractivity contribution in [3.05, 3.63) is 69.2 Å². The molecule has 1 aliphatic heterocycles. The Morgan fingerprint density at radius 2 is 1.80 bits per heavy atom. The number of hydrogen-bond donors (Lipinski definition) is 2. The normalized spacial score (nSPS) is 14.8. The summed E-state index contributed by atoms with van der Waals surface area (Å²) in [6, 6.07) is 12.5. The zero-order valence-corrected chi connectivity index (χ0v) is 16.9. The number of nitro groups is 1. The van der Waals surface area contributed by atoms with Crippen molar-refractivity contribution in [1.82, 2.24) is 10.2 Å². The Bertz CT molecular complexity index is 932. The van der Waals surface area contributed by atoms with Gasteiger partial charge in [0.1, 0.15) is 5.69 Å². The van der Waals surface area contributed by atoms with Gasteiger partial charge in [0.25, 0.3) is 5.69 Å². The third-order valence-corrected chi connectivity index (χ3v) is 5.24. The summed E-state index contributed by atoms with van der Waals surface area (Å²) in [6.07, 6.45) is 0.0774. The van der Waals surface area contributed by atoms with Crippen LogP contribution in [0.5, 0.6) is 0 Å². The van der Waals surface area contributed by atoms with E-state index in [1.807, 2.05) is 35.2 Å². The first-order valence-corrected chi connectivity index (χ1v) is 9.80. The highest BCUT2D eigenvalue weighted by Gasteiger charge is 2.27. The lowest BCUT2D eigenvalue weighted by molar-refractivity contribution is -0.384. The molecule has 0 saturated carbocycles. The van der Waals surface area contributed by atoms with Gasteiger partial charge in [-0.15, -0.1) is 0 Å². The molecule has 0 radical (unpaired) electrons. The number of primary amides is 1. The van der Waals surface area contributed by atoms with Gasteiger partial charge in [-0.25, -0.2) is 4.79 Å². The van der Waals surface area contributed by atoms with Crippen molar-refractivity contribution in [2.75, 3.05) is 31.1 Å². The van der Waals surface area contributed by atoms with Crippen molar-refractivity contribution in [2.45, 2.75) is 12.5 Å². The minimum Gasteiger partial charge on any atom is -0.362 e. The van der Waals surface area contributed by atoms with Gasteiger partial charge < -0.3 is 20.9 Å². The number of nitrogens with two attached hydrogens (primary N) is 1. The van der Waals surface area contributed by atoms with E-state index in [0.717, 1.165) is 5.56 Å². The molecule has 0 aromatic heterocycles. The summed E-state index contributed by atoms with van der Waals surface area (Å²) in [4.78, 5) is 38.6. The van der Waals surface area contributed by atoms with E-state index in [-0.39, 0.29) is 18.0 Å². The van der Waals surface area contributed by atoms with E-state index in [4.69, 9.17) is 17.3 Å². The van der Waals surface area contributed by atoms with E-state index in [9.17, 15) is 19.7 Å². The van der Waals surface area contributed by atoms with Crippen LogP contribution in [0.3, 0.4) is 0 Å². The Morgan fingerprint density at radius 1 is 1.13 bits per heavy atom. The van der Waals surface area contributed by atoms with Crippen LogP contribution in [0.15, 0.2) is 48.5 Å². The van der Waals surface area contributed by atoms with Gasteiger partial charge in [-0.05, 0) is 17.7 Å². The monoisotopic (exact) mass is 431 g/mol. The number of halogens is 1. The molecule has 30 heavy (non-hydrogen) atoms. The molecule has 158 valence electrons.